The van der Waals surface area contributed by atoms with Crippen LogP contribution in [0.3, 0.4) is 0 Å². The number of ether oxygens (including phenoxy) is 1. The third kappa shape index (κ3) is 7.11. The second-order valence-electron chi connectivity index (χ2n) is 9.00. The van der Waals surface area contributed by atoms with Gasteiger partial charge in [-0.3, -0.25) is 0 Å². The van der Waals surface area contributed by atoms with Gasteiger partial charge in [0.25, 0.3) is 0 Å². The molecule has 0 radical (unpaired) electrons. The van der Waals surface area contributed by atoms with E-state index < -0.39 is 0 Å². The zero-order valence-corrected chi connectivity index (χ0v) is 17.2. The fourth-order valence-electron chi connectivity index (χ4n) is 3.86. The summed E-state index contributed by atoms with van der Waals surface area (Å²) in [6, 6.07) is 9.26. The van der Waals surface area contributed by atoms with E-state index in [9.17, 15) is 0 Å². The maximum atomic E-state index is 5.96. The minimum Gasteiger partial charge on any atom is -0.377 e. The Labute approximate surface area is 156 Å². The molecule has 0 amide bonds. The van der Waals surface area contributed by atoms with Gasteiger partial charge < -0.3 is 9.64 Å². The summed E-state index contributed by atoms with van der Waals surface area (Å²) in [5.41, 5.74) is 3.12. The fraction of sp³-hybridized carbons (Fsp3) is 0.739. The molecule has 0 aliphatic carbocycles. The summed E-state index contributed by atoms with van der Waals surface area (Å²) in [5, 5.41) is 0. The Morgan fingerprint density at radius 1 is 1.16 bits per heavy atom. The van der Waals surface area contributed by atoms with Gasteiger partial charge in [0.2, 0.25) is 0 Å². The molecule has 1 fully saturated rings. The van der Waals surface area contributed by atoms with Gasteiger partial charge in [-0.05, 0) is 61.1 Å². The van der Waals surface area contributed by atoms with Crippen LogP contribution in [0.1, 0.15) is 71.4 Å². The molecule has 0 N–H and O–H groups in total. The second kappa shape index (κ2) is 9.73. The van der Waals surface area contributed by atoms with Crippen molar-refractivity contribution in [2.75, 3.05) is 26.2 Å². The SMILES string of the molecule is CCCN(CC(C)Cc1ccc(C(C)(C)C)cc1)CC1CCCCO1. The van der Waals surface area contributed by atoms with Crippen LogP contribution in [0.4, 0.5) is 0 Å². The Balaban J connectivity index is 1.86. The molecule has 1 saturated heterocycles. The molecule has 25 heavy (non-hydrogen) atoms. The molecule has 1 aromatic rings. The molecule has 1 aliphatic rings. The number of rotatable bonds is 8. The summed E-state index contributed by atoms with van der Waals surface area (Å²) in [6.45, 7) is 15.9. The summed E-state index contributed by atoms with van der Waals surface area (Å²) >= 11 is 0. The summed E-state index contributed by atoms with van der Waals surface area (Å²) in [7, 11) is 0. The lowest BCUT2D eigenvalue weighted by atomic mass is 9.86. The molecule has 2 heteroatoms. The van der Waals surface area contributed by atoms with Gasteiger partial charge in [-0.15, -0.1) is 0 Å². The van der Waals surface area contributed by atoms with E-state index in [0.29, 0.717) is 12.0 Å². The topological polar surface area (TPSA) is 12.5 Å². The van der Waals surface area contributed by atoms with Crippen molar-refractivity contribution < 1.29 is 4.74 Å². The lowest BCUT2D eigenvalue weighted by molar-refractivity contribution is -0.00775. The Kier molecular flexibility index (Phi) is 7.96. The second-order valence-corrected chi connectivity index (χ2v) is 9.00. The number of nitrogens with zero attached hydrogens (tertiary/aromatic N) is 1. The van der Waals surface area contributed by atoms with Crippen LogP contribution in [-0.4, -0.2) is 37.2 Å². The van der Waals surface area contributed by atoms with E-state index >= 15 is 0 Å². The molecule has 1 aliphatic heterocycles. The molecule has 2 rings (SSSR count). The molecule has 0 aromatic heterocycles. The van der Waals surface area contributed by atoms with Crippen LogP contribution < -0.4 is 0 Å². The van der Waals surface area contributed by atoms with Crippen molar-refractivity contribution in [1.82, 2.24) is 4.90 Å². The highest BCUT2D eigenvalue weighted by Gasteiger charge is 2.19. The number of benzene rings is 1. The van der Waals surface area contributed by atoms with E-state index in [-0.39, 0.29) is 5.41 Å². The largest absolute Gasteiger partial charge is 0.377 e. The van der Waals surface area contributed by atoms with Crippen molar-refractivity contribution in [1.29, 1.82) is 0 Å². The average Bonchev–Trinajstić information content (AvgIpc) is 2.55. The molecule has 0 saturated carbocycles. The summed E-state index contributed by atoms with van der Waals surface area (Å²) in [4.78, 5) is 2.63. The van der Waals surface area contributed by atoms with E-state index in [1.807, 2.05) is 0 Å². The minimum absolute atomic E-state index is 0.238. The monoisotopic (exact) mass is 345 g/mol. The van der Waals surface area contributed by atoms with E-state index in [0.717, 1.165) is 19.6 Å². The lowest BCUT2D eigenvalue weighted by Crippen LogP contribution is -2.39. The standard InChI is InChI=1S/C23H39NO/c1-6-14-24(18-22-9-7-8-15-25-22)17-19(2)16-20-10-12-21(13-11-20)23(3,4)5/h10-13,19,22H,6-9,14-18H2,1-5H3. The van der Waals surface area contributed by atoms with Crippen LogP contribution in [0.2, 0.25) is 0 Å². The number of hydrogen-bond acceptors (Lipinski definition) is 2. The average molecular weight is 346 g/mol. The van der Waals surface area contributed by atoms with Gasteiger partial charge in [0.05, 0.1) is 6.10 Å². The quantitative estimate of drug-likeness (QED) is 0.621. The van der Waals surface area contributed by atoms with Gasteiger partial charge in [0.1, 0.15) is 0 Å². The van der Waals surface area contributed by atoms with Crippen LogP contribution in [0.5, 0.6) is 0 Å². The molecule has 2 unspecified atom stereocenters. The van der Waals surface area contributed by atoms with Crippen LogP contribution in [0.25, 0.3) is 0 Å². The summed E-state index contributed by atoms with van der Waals surface area (Å²) in [6.07, 6.45) is 6.66. The molecule has 2 nitrogen and oxygen atoms in total. The first-order chi connectivity index (χ1) is 11.9. The van der Waals surface area contributed by atoms with Gasteiger partial charge in [-0.1, -0.05) is 58.9 Å². The lowest BCUT2D eigenvalue weighted by Gasteiger charge is -2.31. The maximum Gasteiger partial charge on any atom is 0.0702 e. The van der Waals surface area contributed by atoms with Crippen LogP contribution in [-0.2, 0) is 16.6 Å². The highest BCUT2D eigenvalue weighted by atomic mass is 16.5. The molecule has 0 spiro atoms. The fourth-order valence-corrected chi connectivity index (χ4v) is 3.86. The summed E-state index contributed by atoms with van der Waals surface area (Å²) < 4.78 is 5.96. The van der Waals surface area contributed by atoms with Crippen LogP contribution in [0, 0.1) is 5.92 Å². The third-order valence-corrected chi connectivity index (χ3v) is 5.25. The van der Waals surface area contributed by atoms with Crippen molar-refractivity contribution in [2.24, 2.45) is 5.92 Å². The zero-order valence-electron chi connectivity index (χ0n) is 17.2. The Bertz CT molecular complexity index is 482. The molecule has 1 heterocycles. The van der Waals surface area contributed by atoms with E-state index in [2.05, 4.69) is 63.8 Å². The highest BCUT2D eigenvalue weighted by molar-refractivity contribution is 5.27. The van der Waals surface area contributed by atoms with Gasteiger partial charge in [0.15, 0.2) is 0 Å². The first-order valence-electron chi connectivity index (χ1n) is 10.3. The smallest absolute Gasteiger partial charge is 0.0702 e. The first-order valence-corrected chi connectivity index (χ1v) is 10.3. The van der Waals surface area contributed by atoms with Gasteiger partial charge in [-0.25, -0.2) is 0 Å². The highest BCUT2D eigenvalue weighted by Crippen LogP contribution is 2.23. The molecule has 2 atom stereocenters. The third-order valence-electron chi connectivity index (χ3n) is 5.25. The summed E-state index contributed by atoms with van der Waals surface area (Å²) in [5.74, 6) is 0.677. The molecular formula is C23H39NO. The number of hydrogen-bond donors (Lipinski definition) is 0. The van der Waals surface area contributed by atoms with E-state index in [4.69, 9.17) is 4.74 Å². The van der Waals surface area contributed by atoms with E-state index in [1.54, 1.807) is 0 Å². The molecule has 0 bridgehead atoms. The van der Waals surface area contributed by atoms with Crippen molar-refractivity contribution in [3.63, 3.8) is 0 Å². The van der Waals surface area contributed by atoms with Crippen molar-refractivity contribution in [2.45, 2.75) is 78.2 Å². The maximum absolute atomic E-state index is 5.96. The Morgan fingerprint density at radius 2 is 1.88 bits per heavy atom. The van der Waals surface area contributed by atoms with Crippen molar-refractivity contribution >= 4 is 0 Å². The Hall–Kier alpha value is -0.860. The van der Waals surface area contributed by atoms with Crippen LogP contribution in [0.15, 0.2) is 24.3 Å². The normalized spacial score (nSPS) is 20.0. The minimum atomic E-state index is 0.238. The van der Waals surface area contributed by atoms with Crippen molar-refractivity contribution in [3.05, 3.63) is 35.4 Å². The predicted octanol–water partition coefficient (Wildman–Crippen LogP) is 5.44. The first kappa shape index (κ1) is 20.5. The van der Waals surface area contributed by atoms with Crippen LogP contribution >= 0.6 is 0 Å². The molecular weight excluding hydrogens is 306 g/mol. The Morgan fingerprint density at radius 3 is 2.44 bits per heavy atom. The predicted molar refractivity (Wildman–Crippen MR) is 108 cm³/mol. The molecule has 142 valence electrons. The van der Waals surface area contributed by atoms with Crippen molar-refractivity contribution in [3.8, 4) is 0 Å². The van der Waals surface area contributed by atoms with E-state index in [1.165, 1.54) is 49.9 Å². The van der Waals surface area contributed by atoms with Gasteiger partial charge >= 0.3 is 0 Å². The van der Waals surface area contributed by atoms with Gasteiger partial charge in [-0.2, -0.15) is 0 Å². The zero-order chi connectivity index (χ0) is 18.3. The van der Waals surface area contributed by atoms with Gasteiger partial charge in [0, 0.05) is 19.7 Å². The molecule has 1 aromatic carbocycles.